The largest absolute Gasteiger partial charge is 0.365 e. The minimum atomic E-state index is -0.512. The second-order valence-electron chi connectivity index (χ2n) is 4.83. The number of nitrogens with two attached hydrogens (primary N) is 1. The van der Waals surface area contributed by atoms with Gasteiger partial charge in [0, 0.05) is 6.07 Å². The molecule has 0 saturated carbocycles. The Morgan fingerprint density at radius 1 is 1.19 bits per heavy atom. The number of primary amides is 1. The van der Waals surface area contributed by atoms with Crippen LogP contribution in [0.5, 0.6) is 0 Å². The van der Waals surface area contributed by atoms with E-state index in [-0.39, 0.29) is 18.5 Å². The lowest BCUT2D eigenvalue weighted by atomic mass is 10.1. The highest BCUT2D eigenvalue weighted by Crippen LogP contribution is 2.10. The molecule has 2 aromatic rings. The normalized spacial score (nSPS) is 11.7. The molecule has 2 rings (SSSR count). The van der Waals surface area contributed by atoms with E-state index >= 15 is 0 Å². The molecule has 108 valence electrons. The van der Waals surface area contributed by atoms with Crippen molar-refractivity contribution in [1.29, 1.82) is 0 Å². The van der Waals surface area contributed by atoms with E-state index in [1.807, 2.05) is 37.3 Å². The SMILES string of the molecule is C[C@@H](NC(=O)C[n+]1cccc(C(N)=O)c1)c1ccccc1. The van der Waals surface area contributed by atoms with Crippen LogP contribution in [0.4, 0.5) is 0 Å². The highest BCUT2D eigenvalue weighted by molar-refractivity contribution is 5.92. The van der Waals surface area contributed by atoms with Crippen LogP contribution in [-0.4, -0.2) is 11.8 Å². The van der Waals surface area contributed by atoms with Gasteiger partial charge < -0.3 is 11.1 Å². The van der Waals surface area contributed by atoms with Crippen molar-refractivity contribution in [3.05, 3.63) is 66.0 Å². The van der Waals surface area contributed by atoms with Gasteiger partial charge in [-0.25, -0.2) is 0 Å². The summed E-state index contributed by atoms with van der Waals surface area (Å²) in [5, 5.41) is 2.92. The van der Waals surface area contributed by atoms with Gasteiger partial charge in [-0.15, -0.1) is 0 Å². The maximum Gasteiger partial charge on any atom is 0.286 e. The first-order chi connectivity index (χ1) is 10.1. The van der Waals surface area contributed by atoms with Gasteiger partial charge in [-0.1, -0.05) is 30.3 Å². The Morgan fingerprint density at radius 3 is 2.57 bits per heavy atom. The summed E-state index contributed by atoms with van der Waals surface area (Å²) in [5.74, 6) is -0.639. The van der Waals surface area contributed by atoms with Crippen molar-refractivity contribution < 1.29 is 14.2 Å². The Kier molecular flexibility index (Phi) is 4.66. The third-order valence-electron chi connectivity index (χ3n) is 3.15. The molecule has 0 bridgehead atoms. The molecular weight excluding hydrogens is 266 g/mol. The number of benzene rings is 1. The van der Waals surface area contributed by atoms with Gasteiger partial charge in [0.15, 0.2) is 12.4 Å². The Bertz CT molecular complexity index is 641. The van der Waals surface area contributed by atoms with Crippen LogP contribution in [-0.2, 0) is 11.3 Å². The first kappa shape index (κ1) is 14.7. The van der Waals surface area contributed by atoms with Crippen molar-refractivity contribution >= 4 is 11.8 Å². The molecule has 5 heteroatoms. The maximum atomic E-state index is 12.0. The molecule has 2 amide bonds. The van der Waals surface area contributed by atoms with Gasteiger partial charge in [-0.2, -0.15) is 4.57 Å². The molecule has 1 aromatic heterocycles. The highest BCUT2D eigenvalue weighted by Gasteiger charge is 2.14. The molecular formula is C16H18N3O2+. The predicted molar refractivity (Wildman–Crippen MR) is 78.2 cm³/mol. The van der Waals surface area contributed by atoms with Gasteiger partial charge in [-0.05, 0) is 18.6 Å². The van der Waals surface area contributed by atoms with Crippen LogP contribution in [0.25, 0.3) is 0 Å². The van der Waals surface area contributed by atoms with E-state index in [0.29, 0.717) is 5.56 Å². The summed E-state index contributed by atoms with van der Waals surface area (Å²) in [6.07, 6.45) is 3.29. The Labute approximate surface area is 123 Å². The average Bonchev–Trinajstić information content (AvgIpc) is 2.48. The van der Waals surface area contributed by atoms with Crippen molar-refractivity contribution in [3.8, 4) is 0 Å². The zero-order valence-electron chi connectivity index (χ0n) is 11.8. The molecule has 3 N–H and O–H groups in total. The lowest BCUT2D eigenvalue weighted by molar-refractivity contribution is -0.684. The number of carbonyl (C=O) groups is 2. The van der Waals surface area contributed by atoms with Gasteiger partial charge in [0.2, 0.25) is 6.54 Å². The molecule has 1 aromatic carbocycles. The summed E-state index contributed by atoms with van der Waals surface area (Å²) in [6, 6.07) is 13.0. The number of carbonyl (C=O) groups excluding carboxylic acids is 2. The molecule has 21 heavy (non-hydrogen) atoms. The van der Waals surface area contributed by atoms with E-state index in [9.17, 15) is 9.59 Å². The zero-order valence-corrected chi connectivity index (χ0v) is 11.8. The quantitative estimate of drug-likeness (QED) is 0.802. The minimum Gasteiger partial charge on any atom is -0.365 e. The first-order valence-corrected chi connectivity index (χ1v) is 6.69. The molecule has 5 nitrogen and oxygen atoms in total. The summed E-state index contributed by atoms with van der Waals surface area (Å²) >= 11 is 0. The van der Waals surface area contributed by atoms with E-state index in [1.165, 1.54) is 0 Å². The fraction of sp³-hybridized carbons (Fsp3) is 0.188. The number of nitrogens with zero attached hydrogens (tertiary/aromatic N) is 1. The first-order valence-electron chi connectivity index (χ1n) is 6.69. The van der Waals surface area contributed by atoms with Crippen molar-refractivity contribution in [2.45, 2.75) is 19.5 Å². The fourth-order valence-corrected chi connectivity index (χ4v) is 2.04. The molecule has 0 spiro atoms. The van der Waals surface area contributed by atoms with Crippen LogP contribution in [0.3, 0.4) is 0 Å². The molecule has 0 saturated heterocycles. The van der Waals surface area contributed by atoms with E-state index in [2.05, 4.69) is 5.32 Å². The van der Waals surface area contributed by atoms with Crippen molar-refractivity contribution in [2.75, 3.05) is 0 Å². The number of rotatable bonds is 5. The zero-order chi connectivity index (χ0) is 15.2. The lowest BCUT2D eigenvalue weighted by Crippen LogP contribution is -2.43. The van der Waals surface area contributed by atoms with E-state index in [4.69, 9.17) is 5.73 Å². The summed E-state index contributed by atoms with van der Waals surface area (Å²) in [5.41, 5.74) is 6.64. The number of hydrogen-bond acceptors (Lipinski definition) is 2. The standard InChI is InChI=1S/C16H17N3O2/c1-12(13-6-3-2-4-7-13)18-15(20)11-19-9-5-8-14(10-19)16(17)21/h2-10,12H,11H2,1H3,(H2-,17,18,20,21)/p+1/t12-/m1/s1. The van der Waals surface area contributed by atoms with Crippen LogP contribution in [0.1, 0.15) is 28.9 Å². The molecule has 0 radical (unpaired) electrons. The molecule has 1 heterocycles. The maximum absolute atomic E-state index is 12.0. The van der Waals surface area contributed by atoms with Crippen LogP contribution in [0, 0.1) is 0 Å². The molecule has 0 aliphatic rings. The van der Waals surface area contributed by atoms with Crippen LogP contribution in [0.2, 0.25) is 0 Å². The van der Waals surface area contributed by atoms with Crippen molar-refractivity contribution in [2.24, 2.45) is 5.73 Å². The Morgan fingerprint density at radius 2 is 1.90 bits per heavy atom. The fourth-order valence-electron chi connectivity index (χ4n) is 2.04. The van der Waals surface area contributed by atoms with E-state index < -0.39 is 5.91 Å². The number of pyridine rings is 1. The molecule has 0 aliphatic heterocycles. The van der Waals surface area contributed by atoms with Crippen LogP contribution >= 0.6 is 0 Å². The Hall–Kier alpha value is -2.69. The summed E-state index contributed by atoms with van der Waals surface area (Å²) in [6.45, 7) is 2.07. The molecule has 0 fully saturated rings. The average molecular weight is 284 g/mol. The third kappa shape index (κ3) is 4.14. The molecule has 1 atom stereocenters. The van der Waals surface area contributed by atoms with Crippen molar-refractivity contribution in [3.63, 3.8) is 0 Å². The summed E-state index contributed by atoms with van der Waals surface area (Å²) < 4.78 is 1.63. The smallest absolute Gasteiger partial charge is 0.286 e. The lowest BCUT2D eigenvalue weighted by Gasteiger charge is -2.12. The van der Waals surface area contributed by atoms with E-state index in [0.717, 1.165) is 5.56 Å². The summed E-state index contributed by atoms with van der Waals surface area (Å²) in [4.78, 5) is 23.1. The third-order valence-corrected chi connectivity index (χ3v) is 3.15. The van der Waals surface area contributed by atoms with Crippen molar-refractivity contribution in [1.82, 2.24) is 5.32 Å². The molecule has 0 unspecified atom stereocenters. The topological polar surface area (TPSA) is 76.1 Å². The van der Waals surface area contributed by atoms with Crippen LogP contribution < -0.4 is 15.6 Å². The number of hydrogen-bond donors (Lipinski definition) is 2. The predicted octanol–water partition coefficient (Wildman–Crippen LogP) is 0.950. The molecule has 0 aliphatic carbocycles. The van der Waals surface area contributed by atoms with Gasteiger partial charge >= 0.3 is 0 Å². The second-order valence-corrected chi connectivity index (χ2v) is 4.83. The number of amides is 2. The second kappa shape index (κ2) is 6.65. The number of nitrogens with one attached hydrogen (secondary N) is 1. The monoisotopic (exact) mass is 284 g/mol. The minimum absolute atomic E-state index is 0.0707. The van der Waals surface area contributed by atoms with Gasteiger partial charge in [-0.3, -0.25) is 9.59 Å². The van der Waals surface area contributed by atoms with E-state index in [1.54, 1.807) is 29.1 Å². The van der Waals surface area contributed by atoms with Gasteiger partial charge in [0.25, 0.3) is 11.8 Å². The number of aromatic nitrogens is 1. The van der Waals surface area contributed by atoms with Crippen LogP contribution in [0.15, 0.2) is 54.9 Å². The van der Waals surface area contributed by atoms with Gasteiger partial charge in [0.05, 0.1) is 6.04 Å². The highest BCUT2D eigenvalue weighted by atomic mass is 16.2. The Balaban J connectivity index is 1.99. The van der Waals surface area contributed by atoms with Gasteiger partial charge in [0.1, 0.15) is 5.56 Å². The summed E-state index contributed by atoms with van der Waals surface area (Å²) in [7, 11) is 0.